The quantitative estimate of drug-likeness (QED) is 0.301. The molecular formula is C32H48N6O. The lowest BCUT2D eigenvalue weighted by Crippen LogP contribution is -2.57. The van der Waals surface area contributed by atoms with Crippen molar-refractivity contribution < 1.29 is 4.79 Å². The van der Waals surface area contributed by atoms with E-state index >= 15 is 0 Å². The van der Waals surface area contributed by atoms with Crippen molar-refractivity contribution in [3.63, 3.8) is 0 Å². The second-order valence-corrected chi connectivity index (χ2v) is 11.5. The zero-order chi connectivity index (χ0) is 28.0. The number of amides is 1. The van der Waals surface area contributed by atoms with Gasteiger partial charge in [-0.25, -0.2) is 0 Å². The molecule has 2 aliphatic rings. The fraction of sp³-hybridized carbons (Fsp3) is 0.562. The molecule has 0 spiro atoms. The zero-order valence-electron chi connectivity index (χ0n) is 24.4. The highest BCUT2D eigenvalue weighted by atomic mass is 16.1. The lowest BCUT2D eigenvalue weighted by molar-refractivity contribution is 0.0399. The van der Waals surface area contributed by atoms with Crippen LogP contribution >= 0.6 is 0 Å². The third-order valence-electron chi connectivity index (χ3n) is 9.37. The van der Waals surface area contributed by atoms with E-state index in [4.69, 9.17) is 11.1 Å². The second kappa shape index (κ2) is 13.0. The number of carbonyl (C=O) groups is 1. The Morgan fingerprint density at radius 2 is 1.56 bits per heavy atom. The lowest BCUT2D eigenvalue weighted by atomic mass is 9.85. The Morgan fingerprint density at radius 1 is 0.949 bits per heavy atom. The molecule has 2 aromatic carbocycles. The van der Waals surface area contributed by atoms with Gasteiger partial charge in [0.05, 0.1) is 5.71 Å². The number of nitrogens with one attached hydrogen (secondary N) is 2. The molecule has 0 radical (unpaired) electrons. The van der Waals surface area contributed by atoms with Gasteiger partial charge in [0.2, 0.25) is 0 Å². The van der Waals surface area contributed by atoms with Gasteiger partial charge in [-0.3, -0.25) is 15.1 Å². The maximum Gasteiger partial charge on any atom is 0.251 e. The Labute approximate surface area is 235 Å². The summed E-state index contributed by atoms with van der Waals surface area (Å²) in [7, 11) is 2.15. The molecule has 0 bridgehead atoms. The van der Waals surface area contributed by atoms with Gasteiger partial charge in [-0.1, -0.05) is 39.3 Å². The number of piperidine rings is 1. The number of hydrogen-bond acceptors (Lipinski definition) is 6. The standard InChI is InChI=1S/C32H48N6O/c1-5-24-14-16-38(17-15-24)32(6-2,7-3)23-35-31(39)26-10-13-29(33)28(22-26)30(34)25-8-11-27(12-9-25)37-20-18-36(4)19-21-37/h8-13,22,24,34H,5-7,14-21,23,33H2,1-4H3,(H,35,39). The van der Waals surface area contributed by atoms with Gasteiger partial charge < -0.3 is 20.9 Å². The van der Waals surface area contributed by atoms with Crippen LogP contribution in [0.15, 0.2) is 42.5 Å². The van der Waals surface area contributed by atoms with E-state index in [2.05, 4.69) is 60.0 Å². The van der Waals surface area contributed by atoms with Crippen molar-refractivity contribution in [1.82, 2.24) is 15.1 Å². The largest absolute Gasteiger partial charge is 0.398 e. The number of likely N-dealkylation sites (tertiary alicyclic amines) is 1. The number of anilines is 2. The van der Waals surface area contributed by atoms with Crippen molar-refractivity contribution in [2.45, 2.75) is 58.4 Å². The highest BCUT2D eigenvalue weighted by molar-refractivity contribution is 6.15. The fourth-order valence-corrected chi connectivity index (χ4v) is 6.19. The average Bonchev–Trinajstić information content (AvgIpc) is 2.98. The first kappa shape index (κ1) is 29.1. The van der Waals surface area contributed by atoms with Crippen molar-refractivity contribution in [3.8, 4) is 0 Å². The van der Waals surface area contributed by atoms with Crippen LogP contribution in [0.1, 0.15) is 74.4 Å². The topological polar surface area (TPSA) is 88.7 Å². The summed E-state index contributed by atoms with van der Waals surface area (Å²) in [5, 5.41) is 12.1. The number of hydrogen-bond donors (Lipinski definition) is 3. The van der Waals surface area contributed by atoms with Crippen molar-refractivity contribution >= 4 is 23.0 Å². The summed E-state index contributed by atoms with van der Waals surface area (Å²) in [6.45, 7) is 13.7. The van der Waals surface area contributed by atoms with Gasteiger partial charge in [-0.05, 0) is 82.1 Å². The fourth-order valence-electron chi connectivity index (χ4n) is 6.19. The third-order valence-corrected chi connectivity index (χ3v) is 9.37. The number of nitrogens with zero attached hydrogens (tertiary/aromatic N) is 3. The Morgan fingerprint density at radius 3 is 2.15 bits per heavy atom. The number of piperazine rings is 1. The zero-order valence-corrected chi connectivity index (χ0v) is 24.4. The Bertz CT molecular complexity index is 1110. The van der Waals surface area contributed by atoms with E-state index in [1.165, 1.54) is 24.9 Å². The van der Waals surface area contributed by atoms with Crippen molar-refractivity contribution in [3.05, 3.63) is 59.2 Å². The number of nitrogen functional groups attached to an aromatic ring is 1. The maximum atomic E-state index is 13.3. The predicted molar refractivity (Wildman–Crippen MR) is 163 cm³/mol. The number of likely N-dealkylation sites (N-methyl/N-ethyl adjacent to an activating group) is 1. The number of rotatable bonds is 10. The van der Waals surface area contributed by atoms with Gasteiger partial charge in [-0.2, -0.15) is 0 Å². The van der Waals surface area contributed by atoms with Gasteiger partial charge in [0.15, 0.2) is 0 Å². The molecule has 0 atom stereocenters. The first-order chi connectivity index (χ1) is 18.8. The van der Waals surface area contributed by atoms with Crippen molar-refractivity contribution in [1.29, 1.82) is 5.41 Å². The van der Waals surface area contributed by atoms with Crippen LogP contribution in [0.2, 0.25) is 0 Å². The second-order valence-electron chi connectivity index (χ2n) is 11.5. The molecule has 2 heterocycles. The van der Waals surface area contributed by atoms with Gasteiger partial charge in [0.25, 0.3) is 5.91 Å². The summed E-state index contributed by atoms with van der Waals surface area (Å²) < 4.78 is 0. The highest BCUT2D eigenvalue weighted by Crippen LogP contribution is 2.30. The summed E-state index contributed by atoms with van der Waals surface area (Å²) >= 11 is 0. The SMILES string of the molecule is CCC1CCN(C(CC)(CC)CNC(=O)c2ccc(N)c(C(=N)c3ccc(N4CCN(C)CC4)cc3)c2)CC1. The summed E-state index contributed by atoms with van der Waals surface area (Å²) in [5.41, 5.74) is 10.2. The molecule has 2 aromatic rings. The molecule has 7 heteroatoms. The molecule has 39 heavy (non-hydrogen) atoms. The maximum absolute atomic E-state index is 13.3. The molecule has 0 aliphatic carbocycles. The van der Waals surface area contributed by atoms with E-state index in [1.54, 1.807) is 18.2 Å². The first-order valence-corrected chi connectivity index (χ1v) is 14.9. The molecule has 2 fully saturated rings. The van der Waals surface area contributed by atoms with Gasteiger partial charge in [-0.15, -0.1) is 0 Å². The van der Waals surface area contributed by atoms with Gasteiger partial charge in [0, 0.05) is 66.3 Å². The summed E-state index contributed by atoms with van der Waals surface area (Å²) in [6, 6.07) is 13.4. The minimum absolute atomic E-state index is 0.0246. The Kier molecular flexibility index (Phi) is 9.67. The molecule has 0 saturated carbocycles. The monoisotopic (exact) mass is 532 g/mol. The first-order valence-electron chi connectivity index (χ1n) is 14.9. The van der Waals surface area contributed by atoms with E-state index in [0.717, 1.165) is 63.6 Å². The number of benzene rings is 2. The van der Waals surface area contributed by atoms with Crippen LogP contribution in [0.25, 0.3) is 0 Å². The molecule has 0 unspecified atom stereocenters. The van der Waals surface area contributed by atoms with Crippen molar-refractivity contribution in [2.75, 3.05) is 63.5 Å². The van der Waals surface area contributed by atoms with E-state index in [9.17, 15) is 4.79 Å². The average molecular weight is 533 g/mol. The molecule has 7 nitrogen and oxygen atoms in total. The molecule has 4 N–H and O–H groups in total. The van der Waals surface area contributed by atoms with Crippen LogP contribution in [0, 0.1) is 11.3 Å². The predicted octanol–water partition coefficient (Wildman–Crippen LogP) is 4.85. The third kappa shape index (κ3) is 6.64. The molecule has 4 rings (SSSR count). The minimum atomic E-state index is -0.107. The molecule has 212 valence electrons. The molecule has 0 aromatic heterocycles. The van der Waals surface area contributed by atoms with Gasteiger partial charge in [0.1, 0.15) is 0 Å². The Hall–Kier alpha value is -2.90. The van der Waals surface area contributed by atoms with E-state index < -0.39 is 0 Å². The minimum Gasteiger partial charge on any atom is -0.398 e. The molecular weight excluding hydrogens is 484 g/mol. The molecule has 2 saturated heterocycles. The van der Waals surface area contributed by atoms with Crippen LogP contribution < -0.4 is 16.0 Å². The summed E-state index contributed by atoms with van der Waals surface area (Å²) in [5.74, 6) is 0.720. The highest BCUT2D eigenvalue weighted by Gasteiger charge is 2.36. The number of carbonyl (C=O) groups excluding carboxylic acids is 1. The Balaban J connectivity index is 1.43. The summed E-state index contributed by atoms with van der Waals surface area (Å²) in [4.78, 5) is 20.6. The van der Waals surface area contributed by atoms with Crippen LogP contribution in [-0.2, 0) is 0 Å². The van der Waals surface area contributed by atoms with Crippen LogP contribution in [-0.4, -0.2) is 79.8 Å². The summed E-state index contributed by atoms with van der Waals surface area (Å²) in [6.07, 6.45) is 5.74. The van der Waals surface area contributed by atoms with Crippen LogP contribution in [0.3, 0.4) is 0 Å². The van der Waals surface area contributed by atoms with Crippen LogP contribution in [0.4, 0.5) is 11.4 Å². The number of nitrogens with two attached hydrogens (primary N) is 1. The lowest BCUT2D eigenvalue weighted by Gasteiger charge is -2.46. The van der Waals surface area contributed by atoms with E-state index in [0.29, 0.717) is 29.1 Å². The smallest absolute Gasteiger partial charge is 0.251 e. The molecule has 2 aliphatic heterocycles. The van der Waals surface area contributed by atoms with Crippen LogP contribution in [0.5, 0.6) is 0 Å². The van der Waals surface area contributed by atoms with E-state index in [1.807, 2.05) is 12.1 Å². The normalized spacial score (nSPS) is 17.8. The van der Waals surface area contributed by atoms with Gasteiger partial charge >= 0.3 is 0 Å². The van der Waals surface area contributed by atoms with Crippen molar-refractivity contribution in [2.24, 2.45) is 5.92 Å². The van der Waals surface area contributed by atoms with E-state index in [-0.39, 0.29) is 11.4 Å². The molecule has 1 amide bonds.